The van der Waals surface area contributed by atoms with Crippen LogP contribution >= 0.6 is 11.6 Å². The van der Waals surface area contributed by atoms with Crippen LogP contribution in [-0.4, -0.2) is 11.1 Å². The van der Waals surface area contributed by atoms with Crippen LogP contribution in [0.25, 0.3) is 21.9 Å². The van der Waals surface area contributed by atoms with E-state index in [2.05, 4.69) is 6.07 Å². The first-order chi connectivity index (χ1) is 10.1. The molecule has 0 amide bonds. The quantitative estimate of drug-likeness (QED) is 0.754. The van der Waals surface area contributed by atoms with Gasteiger partial charge in [0.05, 0.1) is 6.42 Å². The zero-order valence-corrected chi connectivity index (χ0v) is 12.0. The molecular formula is C18H13ClO2. The van der Waals surface area contributed by atoms with Gasteiger partial charge in [-0.05, 0) is 45.7 Å². The van der Waals surface area contributed by atoms with E-state index in [0.29, 0.717) is 0 Å². The molecule has 0 radical (unpaired) electrons. The number of aliphatic carboxylic acids is 1. The lowest BCUT2D eigenvalue weighted by atomic mass is 9.99. The second kappa shape index (κ2) is 5.58. The minimum Gasteiger partial charge on any atom is -0.481 e. The van der Waals surface area contributed by atoms with Crippen molar-refractivity contribution in [1.82, 2.24) is 0 Å². The predicted octanol–water partition coefficient (Wildman–Crippen LogP) is 4.79. The number of hydrogen-bond acceptors (Lipinski definition) is 1. The number of hydrogen-bond donors (Lipinski definition) is 1. The molecule has 0 aliphatic heterocycles. The maximum absolute atomic E-state index is 10.8. The van der Waals surface area contributed by atoms with Crippen LogP contribution in [0.1, 0.15) is 5.56 Å². The molecule has 0 aliphatic rings. The summed E-state index contributed by atoms with van der Waals surface area (Å²) in [5.41, 5.74) is 3.04. The van der Waals surface area contributed by atoms with Gasteiger partial charge in [0.15, 0.2) is 0 Å². The number of benzene rings is 3. The third kappa shape index (κ3) is 3.06. The van der Waals surface area contributed by atoms with Crippen molar-refractivity contribution in [3.05, 3.63) is 71.2 Å². The fourth-order valence-corrected chi connectivity index (χ4v) is 2.53. The highest BCUT2D eigenvalue weighted by Gasteiger charge is 2.04. The summed E-state index contributed by atoms with van der Waals surface area (Å²) in [4.78, 5) is 10.8. The van der Waals surface area contributed by atoms with Crippen molar-refractivity contribution < 1.29 is 9.90 Å². The smallest absolute Gasteiger partial charge is 0.307 e. The molecule has 0 fully saturated rings. The average molecular weight is 297 g/mol. The maximum Gasteiger partial charge on any atom is 0.307 e. The molecule has 3 heteroatoms. The van der Waals surface area contributed by atoms with E-state index in [1.54, 1.807) is 0 Å². The van der Waals surface area contributed by atoms with E-state index in [-0.39, 0.29) is 6.42 Å². The third-order valence-corrected chi connectivity index (χ3v) is 3.69. The van der Waals surface area contributed by atoms with Gasteiger partial charge >= 0.3 is 5.97 Å². The van der Waals surface area contributed by atoms with E-state index in [4.69, 9.17) is 16.7 Å². The van der Waals surface area contributed by atoms with Gasteiger partial charge in [-0.1, -0.05) is 54.1 Å². The van der Waals surface area contributed by atoms with Crippen molar-refractivity contribution in [2.45, 2.75) is 6.42 Å². The average Bonchev–Trinajstić information content (AvgIpc) is 2.47. The first-order valence-corrected chi connectivity index (χ1v) is 7.00. The summed E-state index contributed by atoms with van der Waals surface area (Å²) >= 11 is 5.91. The molecule has 0 unspecified atom stereocenters. The maximum atomic E-state index is 10.8. The van der Waals surface area contributed by atoms with Crippen LogP contribution in [0, 0.1) is 0 Å². The zero-order valence-electron chi connectivity index (χ0n) is 11.2. The first-order valence-electron chi connectivity index (χ1n) is 6.62. The number of carbonyl (C=O) groups is 1. The van der Waals surface area contributed by atoms with Crippen molar-refractivity contribution in [3.63, 3.8) is 0 Å². The molecule has 0 aliphatic carbocycles. The van der Waals surface area contributed by atoms with E-state index >= 15 is 0 Å². The summed E-state index contributed by atoms with van der Waals surface area (Å²) in [7, 11) is 0. The lowest BCUT2D eigenvalue weighted by molar-refractivity contribution is -0.136. The first kappa shape index (κ1) is 13.7. The van der Waals surface area contributed by atoms with E-state index in [9.17, 15) is 4.79 Å². The number of carboxylic acid groups (broad SMARTS) is 1. The van der Waals surface area contributed by atoms with Crippen LogP contribution in [0.3, 0.4) is 0 Å². The monoisotopic (exact) mass is 296 g/mol. The number of rotatable bonds is 3. The van der Waals surface area contributed by atoms with Gasteiger partial charge in [-0.15, -0.1) is 0 Å². The molecular weight excluding hydrogens is 284 g/mol. The van der Waals surface area contributed by atoms with Crippen molar-refractivity contribution in [1.29, 1.82) is 0 Å². The van der Waals surface area contributed by atoms with E-state index < -0.39 is 5.97 Å². The van der Waals surface area contributed by atoms with Crippen molar-refractivity contribution in [3.8, 4) is 11.1 Å². The molecule has 0 spiro atoms. The van der Waals surface area contributed by atoms with Gasteiger partial charge in [0, 0.05) is 5.02 Å². The Morgan fingerprint density at radius 2 is 1.48 bits per heavy atom. The minimum absolute atomic E-state index is 0.0505. The standard InChI is InChI=1S/C18H13ClO2/c19-17-7-5-13(6-8-17)15-4-3-14-9-12(10-18(20)21)1-2-16(14)11-15/h1-9,11H,10H2,(H,20,21). The molecule has 2 nitrogen and oxygen atoms in total. The molecule has 0 saturated heterocycles. The summed E-state index contributed by atoms with van der Waals surface area (Å²) in [5.74, 6) is -0.813. The molecule has 0 heterocycles. The third-order valence-electron chi connectivity index (χ3n) is 3.44. The lowest BCUT2D eigenvalue weighted by Gasteiger charge is -2.06. The van der Waals surface area contributed by atoms with Crippen LogP contribution in [0.15, 0.2) is 60.7 Å². The molecule has 0 atom stereocenters. The van der Waals surface area contributed by atoms with Gasteiger partial charge in [-0.2, -0.15) is 0 Å². The van der Waals surface area contributed by atoms with Crippen LogP contribution in [0.2, 0.25) is 5.02 Å². The highest BCUT2D eigenvalue weighted by molar-refractivity contribution is 6.30. The summed E-state index contributed by atoms with van der Waals surface area (Å²) in [6, 6.07) is 19.6. The Hall–Kier alpha value is -2.32. The van der Waals surface area contributed by atoms with E-state index in [0.717, 1.165) is 32.5 Å². The Morgan fingerprint density at radius 3 is 2.19 bits per heavy atom. The Kier molecular flexibility index (Phi) is 3.63. The minimum atomic E-state index is -0.813. The number of carboxylic acids is 1. The van der Waals surface area contributed by atoms with Gasteiger partial charge in [-0.25, -0.2) is 0 Å². The summed E-state index contributed by atoms with van der Waals surface area (Å²) in [6.07, 6.45) is 0.0505. The second-order valence-corrected chi connectivity index (χ2v) is 5.41. The van der Waals surface area contributed by atoms with Gasteiger partial charge in [0.25, 0.3) is 0 Å². The Balaban J connectivity index is 2.00. The Bertz CT molecular complexity index is 807. The summed E-state index contributed by atoms with van der Waals surface area (Å²) in [5, 5.41) is 11.7. The van der Waals surface area contributed by atoms with Gasteiger partial charge in [-0.3, -0.25) is 4.79 Å². The molecule has 3 aromatic rings. The largest absolute Gasteiger partial charge is 0.481 e. The summed E-state index contributed by atoms with van der Waals surface area (Å²) in [6.45, 7) is 0. The fourth-order valence-electron chi connectivity index (χ4n) is 2.40. The molecule has 1 N–H and O–H groups in total. The van der Waals surface area contributed by atoms with Crippen molar-refractivity contribution in [2.24, 2.45) is 0 Å². The van der Waals surface area contributed by atoms with Crippen LogP contribution in [-0.2, 0) is 11.2 Å². The van der Waals surface area contributed by atoms with Crippen molar-refractivity contribution in [2.75, 3.05) is 0 Å². The molecule has 104 valence electrons. The highest BCUT2D eigenvalue weighted by atomic mass is 35.5. The fraction of sp³-hybridized carbons (Fsp3) is 0.0556. The van der Waals surface area contributed by atoms with Gasteiger partial charge in [0.1, 0.15) is 0 Å². The highest BCUT2D eigenvalue weighted by Crippen LogP contribution is 2.26. The van der Waals surface area contributed by atoms with Gasteiger partial charge < -0.3 is 5.11 Å². The molecule has 0 bridgehead atoms. The van der Waals surface area contributed by atoms with Crippen LogP contribution in [0.4, 0.5) is 0 Å². The van der Waals surface area contributed by atoms with E-state index in [1.165, 1.54) is 0 Å². The van der Waals surface area contributed by atoms with Crippen LogP contribution in [0.5, 0.6) is 0 Å². The second-order valence-electron chi connectivity index (χ2n) is 4.97. The van der Waals surface area contributed by atoms with Gasteiger partial charge in [0.2, 0.25) is 0 Å². The normalized spacial score (nSPS) is 10.7. The molecule has 21 heavy (non-hydrogen) atoms. The SMILES string of the molecule is O=C(O)Cc1ccc2cc(-c3ccc(Cl)cc3)ccc2c1. The number of fused-ring (bicyclic) bond motifs is 1. The predicted molar refractivity (Wildman–Crippen MR) is 85.7 cm³/mol. The van der Waals surface area contributed by atoms with Crippen molar-refractivity contribution >= 4 is 28.3 Å². The Morgan fingerprint density at radius 1 is 0.857 bits per heavy atom. The van der Waals surface area contributed by atoms with E-state index in [1.807, 2.05) is 54.6 Å². The molecule has 3 rings (SSSR count). The molecule has 3 aromatic carbocycles. The van der Waals surface area contributed by atoms with Crippen LogP contribution < -0.4 is 0 Å². The topological polar surface area (TPSA) is 37.3 Å². The zero-order chi connectivity index (χ0) is 14.8. The number of halogens is 1. The lowest BCUT2D eigenvalue weighted by Crippen LogP contribution is -1.99. The Labute approximate surface area is 127 Å². The molecule has 0 aromatic heterocycles. The molecule has 0 saturated carbocycles. The summed E-state index contributed by atoms with van der Waals surface area (Å²) < 4.78 is 0.